The number of hydrogen-bond donors (Lipinski definition) is 0. The molecule has 0 aliphatic rings. The van der Waals surface area contributed by atoms with Crippen molar-refractivity contribution < 1.29 is 26.3 Å². The Morgan fingerprint density at radius 2 is 1.60 bits per heavy atom. The van der Waals surface area contributed by atoms with Gasteiger partial charge in [-0.15, -0.1) is 17.7 Å². The molecule has 132 valence electrons. The number of benzene rings is 2. The molecular formula is C18H12F6S. The summed E-state index contributed by atoms with van der Waals surface area (Å²) >= 11 is 1.02. The Bertz CT molecular complexity index is 837. The molecule has 0 bridgehead atoms. The van der Waals surface area contributed by atoms with Crippen LogP contribution in [-0.2, 0) is 12.4 Å². The predicted octanol–water partition coefficient (Wildman–Crippen LogP) is 6.48. The number of halogens is 6. The molecule has 0 fully saturated rings. The Morgan fingerprint density at radius 3 is 2.12 bits per heavy atom. The van der Waals surface area contributed by atoms with Crippen molar-refractivity contribution in [2.45, 2.75) is 24.2 Å². The minimum Gasteiger partial charge on any atom is -0.166 e. The highest BCUT2D eigenvalue weighted by Crippen LogP contribution is 2.42. The molecule has 0 aliphatic heterocycles. The summed E-state index contributed by atoms with van der Waals surface area (Å²) in [6.45, 7) is 1.45. The maximum atomic E-state index is 13.4. The summed E-state index contributed by atoms with van der Waals surface area (Å²) in [5.41, 5.74) is -2.49. The zero-order valence-corrected chi connectivity index (χ0v) is 14.0. The van der Waals surface area contributed by atoms with Gasteiger partial charge in [0, 0.05) is 16.0 Å². The second kappa shape index (κ2) is 7.04. The molecule has 0 saturated carbocycles. The summed E-state index contributed by atoms with van der Waals surface area (Å²) < 4.78 is 79.6. The van der Waals surface area contributed by atoms with Gasteiger partial charge >= 0.3 is 12.4 Å². The SMILES string of the molecule is CC#Cc1cccc(C(F)(F)F)c1-c1cc(SC)cc(C(F)(F)F)c1. The molecule has 0 aromatic heterocycles. The lowest BCUT2D eigenvalue weighted by molar-refractivity contribution is -0.137. The van der Waals surface area contributed by atoms with Crippen molar-refractivity contribution in [3.05, 3.63) is 53.1 Å². The van der Waals surface area contributed by atoms with Gasteiger partial charge < -0.3 is 0 Å². The van der Waals surface area contributed by atoms with Crippen LogP contribution in [0.3, 0.4) is 0 Å². The van der Waals surface area contributed by atoms with Crippen molar-refractivity contribution in [1.29, 1.82) is 0 Å². The first-order chi connectivity index (χ1) is 11.6. The highest BCUT2D eigenvalue weighted by Gasteiger charge is 2.36. The monoisotopic (exact) mass is 374 g/mol. The Balaban J connectivity index is 2.87. The lowest BCUT2D eigenvalue weighted by Crippen LogP contribution is -2.10. The average molecular weight is 374 g/mol. The van der Waals surface area contributed by atoms with E-state index >= 15 is 0 Å². The molecule has 0 nitrogen and oxygen atoms in total. The number of hydrogen-bond acceptors (Lipinski definition) is 1. The maximum Gasteiger partial charge on any atom is 0.417 e. The van der Waals surface area contributed by atoms with Gasteiger partial charge in [0.05, 0.1) is 11.1 Å². The van der Waals surface area contributed by atoms with Crippen molar-refractivity contribution in [2.75, 3.05) is 6.26 Å². The van der Waals surface area contributed by atoms with E-state index < -0.39 is 23.5 Å². The highest BCUT2D eigenvalue weighted by molar-refractivity contribution is 7.98. The zero-order chi connectivity index (χ0) is 18.8. The zero-order valence-electron chi connectivity index (χ0n) is 13.1. The second-order valence-electron chi connectivity index (χ2n) is 5.05. The molecule has 2 aromatic carbocycles. The second-order valence-corrected chi connectivity index (χ2v) is 5.93. The number of thioether (sulfide) groups is 1. The van der Waals surface area contributed by atoms with Crippen molar-refractivity contribution in [3.63, 3.8) is 0 Å². The minimum atomic E-state index is -4.71. The Morgan fingerprint density at radius 1 is 0.920 bits per heavy atom. The van der Waals surface area contributed by atoms with Crippen molar-refractivity contribution in [2.24, 2.45) is 0 Å². The molecule has 0 spiro atoms. The summed E-state index contributed by atoms with van der Waals surface area (Å²) in [5.74, 6) is 5.05. The van der Waals surface area contributed by atoms with E-state index in [2.05, 4.69) is 11.8 Å². The molecule has 0 radical (unpaired) electrons. The van der Waals surface area contributed by atoms with Crippen LogP contribution in [0.1, 0.15) is 23.6 Å². The fraction of sp³-hybridized carbons (Fsp3) is 0.222. The lowest BCUT2D eigenvalue weighted by Gasteiger charge is -2.17. The Labute approximate surface area is 145 Å². The molecule has 2 rings (SSSR count). The first kappa shape index (κ1) is 19.3. The Hall–Kier alpha value is -2.07. The van der Waals surface area contributed by atoms with E-state index in [4.69, 9.17) is 0 Å². The van der Waals surface area contributed by atoms with Crippen LogP contribution in [-0.4, -0.2) is 6.26 Å². The van der Waals surface area contributed by atoms with Crippen LogP contribution in [0, 0.1) is 11.8 Å². The van der Waals surface area contributed by atoms with Crippen molar-refractivity contribution in [1.82, 2.24) is 0 Å². The molecule has 0 amide bonds. The summed E-state index contributed by atoms with van der Waals surface area (Å²) in [5, 5.41) is 0. The van der Waals surface area contributed by atoms with E-state index in [-0.39, 0.29) is 21.6 Å². The minimum absolute atomic E-state index is 0.0312. The molecule has 2 aromatic rings. The average Bonchev–Trinajstić information content (AvgIpc) is 2.52. The van der Waals surface area contributed by atoms with Gasteiger partial charge in [-0.1, -0.05) is 12.0 Å². The van der Waals surface area contributed by atoms with Gasteiger partial charge in [-0.05, 0) is 49.1 Å². The number of rotatable bonds is 2. The third kappa shape index (κ3) is 4.31. The van der Waals surface area contributed by atoms with Crippen LogP contribution in [0.25, 0.3) is 11.1 Å². The van der Waals surface area contributed by atoms with Crippen LogP contribution < -0.4 is 0 Å². The Kier molecular flexibility index (Phi) is 5.43. The molecular weight excluding hydrogens is 362 g/mol. The van der Waals surface area contributed by atoms with E-state index in [0.717, 1.165) is 30.0 Å². The van der Waals surface area contributed by atoms with E-state index in [1.54, 1.807) is 6.26 Å². The third-order valence-electron chi connectivity index (χ3n) is 3.39. The van der Waals surface area contributed by atoms with Gasteiger partial charge in [-0.25, -0.2) is 0 Å². The third-order valence-corrected chi connectivity index (χ3v) is 4.09. The number of alkyl halides is 6. The lowest BCUT2D eigenvalue weighted by atomic mass is 9.93. The van der Waals surface area contributed by atoms with E-state index in [9.17, 15) is 26.3 Å². The highest BCUT2D eigenvalue weighted by atomic mass is 32.2. The smallest absolute Gasteiger partial charge is 0.166 e. The van der Waals surface area contributed by atoms with Gasteiger partial charge in [0.1, 0.15) is 0 Å². The maximum absolute atomic E-state index is 13.4. The van der Waals surface area contributed by atoms with Crippen LogP contribution in [0.2, 0.25) is 0 Å². The van der Waals surface area contributed by atoms with Gasteiger partial charge in [-0.3, -0.25) is 0 Å². The fourth-order valence-electron chi connectivity index (χ4n) is 2.36. The first-order valence-electron chi connectivity index (χ1n) is 6.97. The topological polar surface area (TPSA) is 0 Å². The van der Waals surface area contributed by atoms with Crippen LogP contribution in [0.4, 0.5) is 26.3 Å². The van der Waals surface area contributed by atoms with E-state index in [1.165, 1.54) is 25.1 Å². The molecule has 0 saturated heterocycles. The van der Waals surface area contributed by atoms with Gasteiger partial charge in [0.15, 0.2) is 0 Å². The van der Waals surface area contributed by atoms with E-state index in [0.29, 0.717) is 0 Å². The molecule has 0 aliphatic carbocycles. The summed E-state index contributed by atoms with van der Waals surface area (Å²) in [6, 6.07) is 6.34. The molecule has 0 unspecified atom stereocenters. The van der Waals surface area contributed by atoms with Gasteiger partial charge in [0.25, 0.3) is 0 Å². The molecule has 0 N–H and O–H groups in total. The van der Waals surface area contributed by atoms with Crippen LogP contribution in [0.5, 0.6) is 0 Å². The summed E-state index contributed by atoms with van der Waals surface area (Å²) in [6.07, 6.45) is -7.82. The van der Waals surface area contributed by atoms with E-state index in [1.807, 2.05) is 0 Å². The van der Waals surface area contributed by atoms with Crippen LogP contribution >= 0.6 is 11.8 Å². The molecule has 25 heavy (non-hydrogen) atoms. The van der Waals surface area contributed by atoms with Crippen molar-refractivity contribution in [3.8, 4) is 23.0 Å². The van der Waals surface area contributed by atoms with Crippen LogP contribution in [0.15, 0.2) is 41.3 Å². The molecule has 7 heteroatoms. The first-order valence-corrected chi connectivity index (χ1v) is 8.20. The summed E-state index contributed by atoms with van der Waals surface area (Å²) in [4.78, 5) is 0.220. The largest absolute Gasteiger partial charge is 0.417 e. The normalized spacial score (nSPS) is 11.8. The standard InChI is InChI=1S/C18H12F6S/c1-3-5-11-6-4-7-15(18(22,23)24)16(11)12-8-13(17(19,20)21)10-14(9-12)25-2/h4,6-10H,1-2H3. The fourth-order valence-corrected chi connectivity index (χ4v) is 2.85. The predicted molar refractivity (Wildman–Crippen MR) is 86.2 cm³/mol. The van der Waals surface area contributed by atoms with Gasteiger partial charge in [-0.2, -0.15) is 26.3 Å². The van der Waals surface area contributed by atoms with Gasteiger partial charge in [0.2, 0.25) is 0 Å². The molecule has 0 atom stereocenters. The summed E-state index contributed by atoms with van der Waals surface area (Å²) in [7, 11) is 0. The quantitative estimate of drug-likeness (QED) is 0.329. The van der Waals surface area contributed by atoms with Crippen molar-refractivity contribution >= 4 is 11.8 Å². The molecule has 0 heterocycles.